The first kappa shape index (κ1) is 13.5. The molecule has 0 atom stereocenters. The zero-order valence-electron chi connectivity index (χ0n) is 9.65. The molecule has 2 nitrogen and oxygen atoms in total. The van der Waals surface area contributed by atoms with Gasteiger partial charge in [-0.1, -0.05) is 0 Å². The van der Waals surface area contributed by atoms with Crippen molar-refractivity contribution in [3.05, 3.63) is 28.0 Å². The Labute approximate surface area is 104 Å². The number of rotatable bonds is 6. The van der Waals surface area contributed by atoms with Crippen LogP contribution in [0.1, 0.15) is 18.4 Å². The number of benzene rings is 1. The van der Waals surface area contributed by atoms with E-state index in [-0.39, 0.29) is 5.82 Å². The molecule has 1 aromatic rings. The maximum absolute atomic E-state index is 13.3. The molecule has 0 aliphatic carbocycles. The van der Waals surface area contributed by atoms with E-state index in [0.717, 1.165) is 37.2 Å². The molecule has 90 valence electrons. The molecular formula is C12H17BrFNO. The third-order valence-electron chi connectivity index (χ3n) is 2.36. The summed E-state index contributed by atoms with van der Waals surface area (Å²) < 4.78 is 18.8. The van der Waals surface area contributed by atoms with Crippen LogP contribution in [0.25, 0.3) is 0 Å². The summed E-state index contributed by atoms with van der Waals surface area (Å²) in [6.07, 6.45) is 2.03. The van der Waals surface area contributed by atoms with Gasteiger partial charge < -0.3 is 10.1 Å². The van der Waals surface area contributed by atoms with Crippen molar-refractivity contribution < 1.29 is 9.13 Å². The van der Waals surface area contributed by atoms with E-state index in [1.807, 2.05) is 6.92 Å². The van der Waals surface area contributed by atoms with Gasteiger partial charge in [0.05, 0.1) is 4.47 Å². The molecule has 0 heterocycles. The molecule has 4 heteroatoms. The smallest absolute Gasteiger partial charge is 0.139 e. The zero-order valence-corrected chi connectivity index (χ0v) is 11.2. The van der Waals surface area contributed by atoms with Gasteiger partial charge in [-0.05, 0) is 53.4 Å². The summed E-state index contributed by atoms with van der Waals surface area (Å²) in [5, 5.41) is 3.22. The molecule has 16 heavy (non-hydrogen) atoms. The minimum atomic E-state index is -0.231. The van der Waals surface area contributed by atoms with Crippen LogP contribution in [0.4, 0.5) is 10.1 Å². The van der Waals surface area contributed by atoms with E-state index >= 15 is 0 Å². The Kier molecular flexibility index (Phi) is 5.77. The Morgan fingerprint density at radius 2 is 2.12 bits per heavy atom. The molecule has 0 aromatic heterocycles. The molecule has 0 unspecified atom stereocenters. The first-order valence-corrected chi connectivity index (χ1v) is 6.13. The Balaban J connectivity index is 2.45. The molecule has 1 aromatic carbocycles. The largest absolute Gasteiger partial charge is 0.385 e. The topological polar surface area (TPSA) is 21.3 Å². The van der Waals surface area contributed by atoms with Gasteiger partial charge in [0.25, 0.3) is 0 Å². The minimum Gasteiger partial charge on any atom is -0.385 e. The van der Waals surface area contributed by atoms with Gasteiger partial charge in [0.1, 0.15) is 5.82 Å². The van der Waals surface area contributed by atoms with Crippen molar-refractivity contribution in [3.8, 4) is 0 Å². The van der Waals surface area contributed by atoms with E-state index in [2.05, 4.69) is 21.2 Å². The average Bonchev–Trinajstić information content (AvgIpc) is 2.25. The summed E-state index contributed by atoms with van der Waals surface area (Å²) in [6, 6.07) is 3.31. The van der Waals surface area contributed by atoms with Crippen LogP contribution < -0.4 is 5.32 Å². The lowest BCUT2D eigenvalue weighted by Crippen LogP contribution is -2.04. The number of hydrogen-bond donors (Lipinski definition) is 1. The molecule has 0 aliphatic rings. The van der Waals surface area contributed by atoms with Gasteiger partial charge in [0.15, 0.2) is 0 Å². The Bertz CT molecular complexity index is 344. The van der Waals surface area contributed by atoms with E-state index in [1.54, 1.807) is 13.2 Å². The van der Waals surface area contributed by atoms with Crippen LogP contribution in [-0.2, 0) is 4.74 Å². The summed E-state index contributed by atoms with van der Waals surface area (Å²) >= 11 is 3.16. The van der Waals surface area contributed by atoms with Crippen LogP contribution in [0.3, 0.4) is 0 Å². The number of anilines is 1. The van der Waals surface area contributed by atoms with Crippen molar-refractivity contribution in [3.63, 3.8) is 0 Å². The first-order valence-electron chi connectivity index (χ1n) is 5.33. The maximum Gasteiger partial charge on any atom is 0.139 e. The summed E-state index contributed by atoms with van der Waals surface area (Å²) in [6.45, 7) is 3.57. The van der Waals surface area contributed by atoms with Crippen LogP contribution >= 0.6 is 15.9 Å². The summed E-state index contributed by atoms with van der Waals surface area (Å²) in [5.41, 5.74) is 1.90. The second-order valence-corrected chi connectivity index (χ2v) is 4.56. The quantitative estimate of drug-likeness (QED) is 0.806. The number of methoxy groups -OCH3 is 1. The summed E-state index contributed by atoms with van der Waals surface area (Å²) in [4.78, 5) is 0. The third kappa shape index (κ3) is 4.10. The highest BCUT2D eigenvalue weighted by molar-refractivity contribution is 9.10. The molecule has 1 rings (SSSR count). The fourth-order valence-electron chi connectivity index (χ4n) is 1.43. The standard InChI is InChI=1S/C12H17BrFNO/c1-9-7-10(13)11(14)8-12(9)15-5-3-4-6-16-2/h7-8,15H,3-6H2,1-2H3. The Morgan fingerprint density at radius 3 is 2.81 bits per heavy atom. The molecule has 0 saturated heterocycles. The van der Waals surface area contributed by atoms with E-state index in [0.29, 0.717) is 4.47 Å². The highest BCUT2D eigenvalue weighted by Gasteiger charge is 2.04. The number of aryl methyl sites for hydroxylation is 1. The highest BCUT2D eigenvalue weighted by Crippen LogP contribution is 2.23. The van der Waals surface area contributed by atoms with Gasteiger partial charge in [-0.2, -0.15) is 0 Å². The van der Waals surface area contributed by atoms with Crippen LogP contribution in [0.15, 0.2) is 16.6 Å². The molecule has 0 spiro atoms. The van der Waals surface area contributed by atoms with Gasteiger partial charge in [-0.15, -0.1) is 0 Å². The number of ether oxygens (including phenoxy) is 1. The van der Waals surface area contributed by atoms with E-state index < -0.39 is 0 Å². The lowest BCUT2D eigenvalue weighted by molar-refractivity contribution is 0.194. The van der Waals surface area contributed by atoms with Crippen LogP contribution in [-0.4, -0.2) is 20.3 Å². The molecule has 1 N–H and O–H groups in total. The predicted molar refractivity (Wildman–Crippen MR) is 68.4 cm³/mol. The van der Waals surface area contributed by atoms with Crippen LogP contribution in [0.2, 0.25) is 0 Å². The number of nitrogens with one attached hydrogen (secondary N) is 1. The number of halogens is 2. The monoisotopic (exact) mass is 289 g/mol. The number of hydrogen-bond acceptors (Lipinski definition) is 2. The molecule has 0 aliphatic heterocycles. The summed E-state index contributed by atoms with van der Waals surface area (Å²) in [5.74, 6) is -0.231. The van der Waals surface area contributed by atoms with E-state index in [1.165, 1.54) is 6.07 Å². The van der Waals surface area contributed by atoms with Gasteiger partial charge in [0.2, 0.25) is 0 Å². The highest BCUT2D eigenvalue weighted by atomic mass is 79.9. The fourth-order valence-corrected chi connectivity index (χ4v) is 1.89. The molecule has 0 radical (unpaired) electrons. The van der Waals surface area contributed by atoms with Gasteiger partial charge in [-0.3, -0.25) is 0 Å². The van der Waals surface area contributed by atoms with E-state index in [4.69, 9.17) is 4.74 Å². The van der Waals surface area contributed by atoms with Gasteiger partial charge in [0, 0.05) is 25.9 Å². The lowest BCUT2D eigenvalue weighted by Gasteiger charge is -2.10. The van der Waals surface area contributed by atoms with Crippen molar-refractivity contribution in [1.29, 1.82) is 0 Å². The van der Waals surface area contributed by atoms with Crippen molar-refractivity contribution in [2.75, 3.05) is 25.6 Å². The third-order valence-corrected chi connectivity index (χ3v) is 2.97. The van der Waals surface area contributed by atoms with Gasteiger partial charge >= 0.3 is 0 Å². The first-order chi connectivity index (χ1) is 7.65. The Morgan fingerprint density at radius 1 is 1.38 bits per heavy atom. The average molecular weight is 290 g/mol. The molecule has 0 fully saturated rings. The minimum absolute atomic E-state index is 0.231. The Hall–Kier alpha value is -0.610. The molecule has 0 bridgehead atoms. The molecule has 0 amide bonds. The normalized spacial score (nSPS) is 10.5. The second kappa shape index (κ2) is 6.86. The predicted octanol–water partition coefficient (Wildman–Crippen LogP) is 3.74. The maximum atomic E-state index is 13.3. The number of unbranched alkanes of at least 4 members (excludes halogenated alkanes) is 1. The second-order valence-electron chi connectivity index (χ2n) is 3.71. The van der Waals surface area contributed by atoms with Crippen molar-refractivity contribution >= 4 is 21.6 Å². The molecule has 0 saturated carbocycles. The van der Waals surface area contributed by atoms with Crippen LogP contribution in [0, 0.1) is 12.7 Å². The van der Waals surface area contributed by atoms with Crippen molar-refractivity contribution in [2.45, 2.75) is 19.8 Å². The molecular weight excluding hydrogens is 273 g/mol. The van der Waals surface area contributed by atoms with Crippen LogP contribution in [0.5, 0.6) is 0 Å². The lowest BCUT2D eigenvalue weighted by atomic mass is 10.2. The van der Waals surface area contributed by atoms with Crippen molar-refractivity contribution in [1.82, 2.24) is 0 Å². The van der Waals surface area contributed by atoms with Gasteiger partial charge in [-0.25, -0.2) is 4.39 Å². The zero-order chi connectivity index (χ0) is 12.0. The fraction of sp³-hybridized carbons (Fsp3) is 0.500. The summed E-state index contributed by atoms with van der Waals surface area (Å²) in [7, 11) is 1.70. The van der Waals surface area contributed by atoms with E-state index in [9.17, 15) is 4.39 Å². The van der Waals surface area contributed by atoms with Crippen molar-refractivity contribution in [2.24, 2.45) is 0 Å². The SMILES string of the molecule is COCCCCNc1cc(F)c(Br)cc1C.